The summed E-state index contributed by atoms with van der Waals surface area (Å²) in [5.41, 5.74) is 4.18. The number of hydrogen-bond acceptors (Lipinski definition) is 6. The van der Waals surface area contributed by atoms with Crippen LogP contribution in [0.3, 0.4) is 0 Å². The Hall–Kier alpha value is -2.61. The fraction of sp³-hybridized carbons (Fsp3) is 0.368. The smallest absolute Gasteiger partial charge is 0.227 e. The summed E-state index contributed by atoms with van der Waals surface area (Å²) in [6.45, 7) is 3.41. The molecule has 8 heteroatoms. The molecule has 0 fully saturated rings. The van der Waals surface area contributed by atoms with Crippen LogP contribution in [-0.2, 0) is 31.2 Å². The molecule has 3 aromatic rings. The number of carbonyl (C=O) groups is 1. The highest BCUT2D eigenvalue weighted by Gasteiger charge is 2.23. The molecule has 27 heavy (non-hydrogen) atoms. The molecule has 0 saturated carbocycles. The van der Waals surface area contributed by atoms with Gasteiger partial charge in [0.2, 0.25) is 5.91 Å². The second-order valence-corrected chi connectivity index (χ2v) is 8.07. The van der Waals surface area contributed by atoms with Gasteiger partial charge in [-0.3, -0.25) is 4.79 Å². The Morgan fingerprint density at radius 1 is 1.41 bits per heavy atom. The molecule has 0 spiro atoms. The topological polar surface area (TPSA) is 77.1 Å². The number of carbonyl (C=O) groups excluding carboxylic acids is 1. The third-order valence-corrected chi connectivity index (χ3v) is 5.99. The molecule has 140 valence electrons. The molecule has 1 aromatic carbocycles. The fourth-order valence-electron chi connectivity index (χ4n) is 3.20. The lowest BCUT2D eigenvalue weighted by atomic mass is 10.0. The van der Waals surface area contributed by atoms with Crippen LogP contribution in [0.25, 0.3) is 0 Å². The highest BCUT2D eigenvalue weighted by molar-refractivity contribution is 7.99. The van der Waals surface area contributed by atoms with Gasteiger partial charge in [-0.2, -0.15) is 0 Å². The Labute approximate surface area is 161 Å². The molecule has 0 aliphatic carbocycles. The largest absolute Gasteiger partial charge is 0.364 e. The summed E-state index contributed by atoms with van der Waals surface area (Å²) in [6, 6.07) is 8.23. The van der Waals surface area contributed by atoms with E-state index in [9.17, 15) is 4.79 Å². The van der Waals surface area contributed by atoms with Crippen molar-refractivity contribution in [3.8, 4) is 0 Å². The molecule has 1 atom stereocenters. The first-order valence-electron chi connectivity index (χ1n) is 8.89. The molecular formula is C19H21N5O2S. The maximum atomic E-state index is 12.7. The molecule has 0 N–H and O–H groups in total. The van der Waals surface area contributed by atoms with Crippen molar-refractivity contribution >= 4 is 17.7 Å². The molecule has 1 aliphatic heterocycles. The third kappa shape index (κ3) is 3.90. The SMILES string of the molecule is C[C@H](Sc1nncn1C)c1cccc(CC(=O)N2CCc3nocc3C2)c1. The second kappa shape index (κ2) is 7.56. The summed E-state index contributed by atoms with van der Waals surface area (Å²) in [4.78, 5) is 14.6. The van der Waals surface area contributed by atoms with Crippen molar-refractivity contribution < 1.29 is 9.32 Å². The number of rotatable bonds is 5. The summed E-state index contributed by atoms with van der Waals surface area (Å²) in [5, 5.41) is 13.1. The summed E-state index contributed by atoms with van der Waals surface area (Å²) in [5.74, 6) is 0.132. The van der Waals surface area contributed by atoms with Crippen LogP contribution in [0.5, 0.6) is 0 Å². The van der Waals surface area contributed by atoms with E-state index < -0.39 is 0 Å². The number of thioether (sulfide) groups is 1. The first-order chi connectivity index (χ1) is 13.1. The van der Waals surface area contributed by atoms with E-state index in [0.717, 1.165) is 28.4 Å². The normalized spacial score (nSPS) is 14.8. The van der Waals surface area contributed by atoms with Crippen molar-refractivity contribution in [2.24, 2.45) is 7.05 Å². The molecule has 3 heterocycles. The summed E-state index contributed by atoms with van der Waals surface area (Å²) in [7, 11) is 1.93. The number of amides is 1. The van der Waals surface area contributed by atoms with Crippen LogP contribution in [0.15, 0.2) is 46.5 Å². The summed E-state index contributed by atoms with van der Waals surface area (Å²) in [6.07, 6.45) is 4.49. The minimum atomic E-state index is 0.132. The van der Waals surface area contributed by atoms with Crippen LogP contribution >= 0.6 is 11.8 Å². The maximum absolute atomic E-state index is 12.7. The van der Waals surface area contributed by atoms with Crippen molar-refractivity contribution in [3.63, 3.8) is 0 Å². The Bertz CT molecular complexity index is 951. The van der Waals surface area contributed by atoms with Crippen molar-refractivity contribution in [2.45, 2.75) is 36.7 Å². The predicted octanol–water partition coefficient (Wildman–Crippen LogP) is 2.78. The Balaban J connectivity index is 1.42. The van der Waals surface area contributed by atoms with E-state index in [0.29, 0.717) is 19.5 Å². The van der Waals surface area contributed by atoms with Crippen LogP contribution in [0.4, 0.5) is 0 Å². The predicted molar refractivity (Wildman–Crippen MR) is 101 cm³/mol. The van der Waals surface area contributed by atoms with Gasteiger partial charge in [-0.05, 0) is 18.1 Å². The van der Waals surface area contributed by atoms with Crippen LogP contribution in [0, 0.1) is 0 Å². The van der Waals surface area contributed by atoms with Gasteiger partial charge in [-0.25, -0.2) is 0 Å². The first-order valence-corrected chi connectivity index (χ1v) is 9.77. The zero-order valence-electron chi connectivity index (χ0n) is 15.3. The van der Waals surface area contributed by atoms with Gasteiger partial charge in [0.15, 0.2) is 5.16 Å². The summed E-state index contributed by atoms with van der Waals surface area (Å²) >= 11 is 1.66. The molecule has 1 amide bonds. The standard InChI is InChI=1S/C19H21N5O2S/c1-13(27-19-21-20-12-23(19)2)15-5-3-4-14(8-15)9-18(25)24-7-6-17-16(10-24)11-26-22-17/h3-5,8,11-13H,6-7,9-10H2,1-2H3/t13-/m0/s1. The lowest BCUT2D eigenvalue weighted by molar-refractivity contribution is -0.131. The molecule has 1 aliphatic rings. The summed E-state index contributed by atoms with van der Waals surface area (Å²) < 4.78 is 6.91. The quantitative estimate of drug-likeness (QED) is 0.631. The first kappa shape index (κ1) is 17.8. The van der Waals surface area contributed by atoms with E-state index in [1.807, 2.05) is 28.6 Å². The van der Waals surface area contributed by atoms with Gasteiger partial charge in [0, 0.05) is 30.8 Å². The van der Waals surface area contributed by atoms with Gasteiger partial charge in [-0.15, -0.1) is 10.2 Å². The minimum absolute atomic E-state index is 0.132. The number of fused-ring (bicyclic) bond motifs is 1. The molecule has 7 nitrogen and oxygen atoms in total. The minimum Gasteiger partial charge on any atom is -0.364 e. The molecule has 0 bridgehead atoms. The number of aromatic nitrogens is 4. The third-order valence-electron chi connectivity index (χ3n) is 4.79. The molecule has 0 radical (unpaired) electrons. The monoisotopic (exact) mass is 383 g/mol. The maximum Gasteiger partial charge on any atom is 0.227 e. The van der Waals surface area contributed by atoms with Crippen LogP contribution in [0.2, 0.25) is 0 Å². The van der Waals surface area contributed by atoms with Gasteiger partial charge >= 0.3 is 0 Å². The molecular weight excluding hydrogens is 362 g/mol. The van der Waals surface area contributed by atoms with E-state index in [2.05, 4.69) is 34.4 Å². The van der Waals surface area contributed by atoms with E-state index in [4.69, 9.17) is 4.52 Å². The Morgan fingerprint density at radius 2 is 2.30 bits per heavy atom. The van der Waals surface area contributed by atoms with Gasteiger partial charge < -0.3 is 14.0 Å². The van der Waals surface area contributed by atoms with Gasteiger partial charge in [0.25, 0.3) is 0 Å². The van der Waals surface area contributed by atoms with Crippen LogP contribution in [0.1, 0.15) is 34.6 Å². The van der Waals surface area contributed by atoms with Gasteiger partial charge in [0.05, 0.1) is 18.7 Å². The van der Waals surface area contributed by atoms with E-state index >= 15 is 0 Å². The highest BCUT2D eigenvalue weighted by atomic mass is 32.2. The van der Waals surface area contributed by atoms with E-state index in [1.165, 1.54) is 5.56 Å². The number of benzene rings is 1. The molecule has 2 aromatic heterocycles. The number of nitrogens with zero attached hydrogens (tertiary/aromatic N) is 5. The van der Waals surface area contributed by atoms with Crippen molar-refractivity contribution in [2.75, 3.05) is 6.54 Å². The van der Waals surface area contributed by atoms with Crippen molar-refractivity contribution in [1.29, 1.82) is 0 Å². The average molecular weight is 383 g/mol. The Morgan fingerprint density at radius 3 is 3.11 bits per heavy atom. The van der Waals surface area contributed by atoms with Crippen LogP contribution in [-0.4, -0.2) is 37.3 Å². The fourth-order valence-corrected chi connectivity index (χ4v) is 4.11. The zero-order chi connectivity index (χ0) is 18.8. The highest BCUT2D eigenvalue weighted by Crippen LogP contribution is 2.33. The van der Waals surface area contributed by atoms with Crippen molar-refractivity contribution in [1.82, 2.24) is 24.8 Å². The lowest BCUT2D eigenvalue weighted by Crippen LogP contribution is -2.36. The van der Waals surface area contributed by atoms with Crippen molar-refractivity contribution in [3.05, 3.63) is 59.2 Å². The van der Waals surface area contributed by atoms with Gasteiger partial charge in [0.1, 0.15) is 12.6 Å². The second-order valence-electron chi connectivity index (χ2n) is 6.76. The zero-order valence-corrected chi connectivity index (χ0v) is 16.1. The average Bonchev–Trinajstić information content (AvgIpc) is 3.30. The van der Waals surface area contributed by atoms with E-state index in [-0.39, 0.29) is 11.2 Å². The molecule has 0 unspecified atom stereocenters. The van der Waals surface area contributed by atoms with Crippen LogP contribution < -0.4 is 0 Å². The van der Waals surface area contributed by atoms with E-state index in [1.54, 1.807) is 24.4 Å². The number of hydrogen-bond donors (Lipinski definition) is 0. The Kier molecular flexibility index (Phi) is 4.98. The lowest BCUT2D eigenvalue weighted by Gasteiger charge is -2.26. The van der Waals surface area contributed by atoms with Gasteiger partial charge in [-0.1, -0.05) is 41.2 Å². The molecule has 4 rings (SSSR count). The molecule has 0 saturated heterocycles. The number of aryl methyl sites for hydroxylation is 1.